The lowest BCUT2D eigenvalue weighted by Gasteiger charge is -2.22. The van der Waals surface area contributed by atoms with Gasteiger partial charge in [0.25, 0.3) is 0 Å². The third-order valence-electron chi connectivity index (χ3n) is 4.35. The fourth-order valence-corrected chi connectivity index (χ4v) is 3.38. The van der Waals surface area contributed by atoms with E-state index < -0.39 is 0 Å². The Hall–Kier alpha value is -1.28. The Bertz CT molecular complexity index is 580. The Morgan fingerprint density at radius 1 is 1.28 bits per heavy atom. The van der Waals surface area contributed by atoms with E-state index in [1.807, 2.05) is 0 Å². The van der Waals surface area contributed by atoms with Crippen molar-refractivity contribution in [3.8, 4) is 0 Å². The number of hydrogen-bond donors (Lipinski definition) is 2. The van der Waals surface area contributed by atoms with Crippen molar-refractivity contribution in [2.24, 2.45) is 5.92 Å². The fraction of sp³-hybridized carbons (Fsp3) is 0.500. The van der Waals surface area contributed by atoms with Crippen LogP contribution in [0.3, 0.4) is 0 Å². The number of fused-ring (bicyclic) bond motifs is 3. The zero-order chi connectivity index (χ0) is 12.7. The molecule has 1 aliphatic carbocycles. The molecule has 1 unspecified atom stereocenters. The molecule has 1 heterocycles. The van der Waals surface area contributed by atoms with E-state index in [1.165, 1.54) is 47.0 Å². The van der Waals surface area contributed by atoms with Gasteiger partial charge < -0.3 is 10.3 Å². The minimum atomic E-state index is 0.793. The minimum Gasteiger partial charge on any atom is -0.358 e. The monoisotopic (exact) mass is 242 g/mol. The number of H-pyrrole nitrogens is 1. The quantitative estimate of drug-likeness (QED) is 0.832. The van der Waals surface area contributed by atoms with Crippen LogP contribution >= 0.6 is 0 Å². The highest BCUT2D eigenvalue weighted by atomic mass is 14.8. The van der Waals surface area contributed by atoms with Crippen LogP contribution in [-0.2, 0) is 12.8 Å². The van der Waals surface area contributed by atoms with Gasteiger partial charge in [-0.25, -0.2) is 0 Å². The van der Waals surface area contributed by atoms with Gasteiger partial charge in [-0.1, -0.05) is 12.1 Å². The first-order valence-electron chi connectivity index (χ1n) is 6.95. The number of benzene rings is 1. The molecule has 0 spiro atoms. The third kappa shape index (κ3) is 1.76. The maximum atomic E-state index is 3.67. The van der Waals surface area contributed by atoms with E-state index >= 15 is 0 Å². The number of rotatable bonds is 2. The van der Waals surface area contributed by atoms with Crippen LogP contribution in [-0.4, -0.2) is 18.6 Å². The molecule has 2 N–H and O–H groups in total. The van der Waals surface area contributed by atoms with E-state index in [-0.39, 0.29) is 0 Å². The van der Waals surface area contributed by atoms with Crippen molar-refractivity contribution in [2.75, 3.05) is 13.6 Å². The van der Waals surface area contributed by atoms with Crippen molar-refractivity contribution in [2.45, 2.75) is 33.1 Å². The van der Waals surface area contributed by atoms with E-state index in [1.54, 1.807) is 5.56 Å². The molecule has 3 rings (SSSR count). The number of hydrogen-bond acceptors (Lipinski definition) is 1. The first kappa shape index (κ1) is 11.8. The van der Waals surface area contributed by atoms with E-state index in [2.05, 4.69) is 43.3 Å². The molecular formula is C16H22N2. The number of aromatic nitrogens is 1. The molecular weight excluding hydrogens is 220 g/mol. The molecule has 96 valence electrons. The lowest BCUT2D eigenvalue weighted by molar-refractivity contribution is 0.439. The summed E-state index contributed by atoms with van der Waals surface area (Å²) in [5.74, 6) is 0.793. The van der Waals surface area contributed by atoms with Gasteiger partial charge in [0, 0.05) is 16.6 Å². The molecule has 1 aromatic heterocycles. The summed E-state index contributed by atoms with van der Waals surface area (Å²) in [5.41, 5.74) is 7.21. The van der Waals surface area contributed by atoms with Gasteiger partial charge in [-0.2, -0.15) is 0 Å². The fourth-order valence-electron chi connectivity index (χ4n) is 3.38. The van der Waals surface area contributed by atoms with E-state index in [4.69, 9.17) is 0 Å². The molecule has 1 atom stereocenters. The van der Waals surface area contributed by atoms with Crippen LogP contribution in [0.25, 0.3) is 10.9 Å². The predicted molar refractivity (Wildman–Crippen MR) is 77.2 cm³/mol. The van der Waals surface area contributed by atoms with Gasteiger partial charge in [0.15, 0.2) is 0 Å². The highest BCUT2D eigenvalue weighted by Crippen LogP contribution is 2.34. The maximum Gasteiger partial charge on any atom is 0.0491 e. The van der Waals surface area contributed by atoms with Crippen molar-refractivity contribution in [1.29, 1.82) is 0 Å². The van der Waals surface area contributed by atoms with Crippen molar-refractivity contribution < 1.29 is 0 Å². The average Bonchev–Trinajstić information content (AvgIpc) is 2.74. The van der Waals surface area contributed by atoms with E-state index in [9.17, 15) is 0 Å². The van der Waals surface area contributed by atoms with Crippen molar-refractivity contribution in [3.63, 3.8) is 0 Å². The van der Waals surface area contributed by atoms with Crippen molar-refractivity contribution in [1.82, 2.24) is 10.3 Å². The summed E-state index contributed by atoms with van der Waals surface area (Å²) in [6, 6.07) is 4.48. The lowest BCUT2D eigenvalue weighted by atomic mass is 9.85. The summed E-state index contributed by atoms with van der Waals surface area (Å²) in [5, 5.41) is 4.82. The van der Waals surface area contributed by atoms with Crippen LogP contribution < -0.4 is 5.32 Å². The normalized spacial score (nSPS) is 19.2. The van der Waals surface area contributed by atoms with Crippen LogP contribution in [0.1, 0.15) is 28.8 Å². The molecule has 0 radical (unpaired) electrons. The molecule has 18 heavy (non-hydrogen) atoms. The summed E-state index contributed by atoms with van der Waals surface area (Å²) < 4.78 is 0. The molecule has 1 aliphatic rings. The first-order chi connectivity index (χ1) is 8.70. The highest BCUT2D eigenvalue weighted by Gasteiger charge is 2.23. The van der Waals surface area contributed by atoms with Gasteiger partial charge in [0.05, 0.1) is 0 Å². The second kappa shape index (κ2) is 4.43. The summed E-state index contributed by atoms with van der Waals surface area (Å²) >= 11 is 0. The van der Waals surface area contributed by atoms with Gasteiger partial charge in [0.1, 0.15) is 0 Å². The highest BCUT2D eigenvalue weighted by molar-refractivity contribution is 5.90. The molecule has 2 heteroatoms. The number of aromatic amines is 1. The summed E-state index contributed by atoms with van der Waals surface area (Å²) in [4.78, 5) is 3.67. The zero-order valence-electron chi connectivity index (χ0n) is 11.6. The SMILES string of the molecule is CNCC1CCc2[nH]c3c(C)ccc(C)c3c2C1. The largest absolute Gasteiger partial charge is 0.358 e. The van der Waals surface area contributed by atoms with E-state index in [0.717, 1.165) is 12.5 Å². The summed E-state index contributed by atoms with van der Waals surface area (Å²) in [7, 11) is 2.06. The Kier molecular flexibility index (Phi) is 2.90. The number of nitrogens with one attached hydrogen (secondary N) is 2. The Labute approximate surface area is 109 Å². The summed E-state index contributed by atoms with van der Waals surface area (Å²) in [6.07, 6.45) is 3.73. The molecule has 2 nitrogen and oxygen atoms in total. The van der Waals surface area contributed by atoms with Crippen LogP contribution in [0.5, 0.6) is 0 Å². The molecule has 0 saturated carbocycles. The van der Waals surface area contributed by atoms with Crippen molar-refractivity contribution in [3.05, 3.63) is 34.5 Å². The second-order valence-corrected chi connectivity index (χ2v) is 5.70. The zero-order valence-corrected chi connectivity index (χ0v) is 11.6. The van der Waals surface area contributed by atoms with Gasteiger partial charge >= 0.3 is 0 Å². The Morgan fingerprint density at radius 3 is 2.83 bits per heavy atom. The number of aryl methyl sites for hydroxylation is 3. The molecule has 0 aliphatic heterocycles. The van der Waals surface area contributed by atoms with Gasteiger partial charge in [0.2, 0.25) is 0 Å². The standard InChI is InChI=1S/C16H22N2/c1-10-4-5-11(2)16-15(10)13-8-12(9-17-3)6-7-14(13)18-16/h4-5,12,17-18H,6-9H2,1-3H3. The Balaban J connectivity index is 2.12. The molecule has 0 fully saturated rings. The summed E-state index contributed by atoms with van der Waals surface area (Å²) in [6.45, 7) is 5.57. The predicted octanol–water partition coefficient (Wildman–Crippen LogP) is 3.11. The van der Waals surface area contributed by atoms with Crippen molar-refractivity contribution >= 4 is 10.9 Å². The smallest absolute Gasteiger partial charge is 0.0491 e. The molecule has 0 saturated heterocycles. The third-order valence-corrected chi connectivity index (χ3v) is 4.35. The van der Waals surface area contributed by atoms with Gasteiger partial charge in [-0.15, -0.1) is 0 Å². The minimum absolute atomic E-state index is 0.793. The van der Waals surface area contributed by atoms with E-state index in [0.29, 0.717) is 0 Å². The van der Waals surface area contributed by atoms with Crippen LogP contribution in [0.2, 0.25) is 0 Å². The molecule has 0 amide bonds. The molecule has 0 bridgehead atoms. The van der Waals surface area contributed by atoms with Gasteiger partial charge in [-0.05, 0) is 69.3 Å². The van der Waals surface area contributed by atoms with Crippen LogP contribution in [0, 0.1) is 19.8 Å². The first-order valence-corrected chi connectivity index (χ1v) is 6.95. The Morgan fingerprint density at radius 2 is 2.06 bits per heavy atom. The molecule has 1 aromatic carbocycles. The van der Waals surface area contributed by atoms with Crippen LogP contribution in [0.15, 0.2) is 12.1 Å². The average molecular weight is 242 g/mol. The molecule has 2 aromatic rings. The topological polar surface area (TPSA) is 27.8 Å². The second-order valence-electron chi connectivity index (χ2n) is 5.70. The van der Waals surface area contributed by atoms with Gasteiger partial charge in [-0.3, -0.25) is 0 Å². The lowest BCUT2D eigenvalue weighted by Crippen LogP contribution is -2.24. The van der Waals surface area contributed by atoms with Crippen LogP contribution in [0.4, 0.5) is 0 Å². The maximum absolute atomic E-state index is 3.67.